The third kappa shape index (κ3) is 6.83. The van der Waals surface area contributed by atoms with E-state index in [9.17, 15) is 27.4 Å². The van der Waals surface area contributed by atoms with E-state index < -0.39 is 37.2 Å². The number of pyridine rings is 1. The largest absolute Gasteiger partial charge is 0.479 e. The van der Waals surface area contributed by atoms with Crippen molar-refractivity contribution in [3.05, 3.63) is 47.1 Å². The Hall–Kier alpha value is -2.33. The van der Waals surface area contributed by atoms with Gasteiger partial charge >= 0.3 is 19.7 Å². The zero-order valence-corrected chi connectivity index (χ0v) is 17.9. The molecule has 3 unspecified atom stereocenters. The van der Waals surface area contributed by atoms with Crippen LogP contribution in [0.4, 0.5) is 13.2 Å². The molecule has 1 aromatic carbocycles. The molecule has 0 aliphatic rings. The van der Waals surface area contributed by atoms with Crippen LogP contribution in [-0.4, -0.2) is 27.7 Å². The number of alkyl halides is 3. The number of halogens is 4. The molecular formula is C18H19ClF3N2O6P. The molecule has 8 nitrogen and oxygen atoms in total. The van der Waals surface area contributed by atoms with Crippen molar-refractivity contribution in [2.45, 2.75) is 38.3 Å². The average Bonchev–Trinajstić information content (AvgIpc) is 2.69. The van der Waals surface area contributed by atoms with Crippen molar-refractivity contribution < 1.29 is 41.4 Å². The Morgan fingerprint density at radius 3 is 2.39 bits per heavy atom. The number of carbonyl (C=O) groups excluding carboxylic acids is 1. The fourth-order valence-electron chi connectivity index (χ4n) is 2.11. The van der Waals surface area contributed by atoms with Gasteiger partial charge < -0.3 is 24.6 Å². The van der Waals surface area contributed by atoms with Gasteiger partial charge in [0.1, 0.15) is 22.3 Å². The van der Waals surface area contributed by atoms with E-state index in [1.807, 2.05) is 0 Å². The second-order valence-electron chi connectivity index (χ2n) is 6.29. The number of rotatable bonds is 8. The summed E-state index contributed by atoms with van der Waals surface area (Å²) in [7, 11) is -4.33. The Labute approximate surface area is 180 Å². The minimum atomic E-state index is -4.59. The van der Waals surface area contributed by atoms with Crippen molar-refractivity contribution in [2.75, 3.05) is 0 Å². The number of hydrogen-bond acceptors (Lipinski definition) is 7. The van der Waals surface area contributed by atoms with E-state index in [2.05, 4.69) is 9.51 Å². The number of aromatic nitrogens is 1. The molecule has 2 aromatic rings. The van der Waals surface area contributed by atoms with E-state index in [0.717, 1.165) is 0 Å². The second-order valence-corrected chi connectivity index (χ2v) is 8.67. The summed E-state index contributed by atoms with van der Waals surface area (Å²) in [5.74, 6) is -2.13. The molecular weight excluding hydrogens is 464 g/mol. The molecule has 0 spiro atoms. The van der Waals surface area contributed by atoms with Gasteiger partial charge in [0.05, 0.1) is 5.56 Å². The Morgan fingerprint density at radius 1 is 1.29 bits per heavy atom. The molecule has 3 N–H and O–H groups in total. The highest BCUT2D eigenvalue weighted by Gasteiger charge is 2.34. The lowest BCUT2D eigenvalue weighted by molar-refractivity contribution is -0.142. The maximum Gasteiger partial charge on any atom is 0.417 e. The molecule has 0 saturated carbocycles. The normalized spacial score (nSPS) is 15.5. The predicted molar refractivity (Wildman–Crippen MR) is 105 cm³/mol. The fraction of sp³-hybridized carbons (Fsp3) is 0.333. The Morgan fingerprint density at radius 2 is 1.87 bits per heavy atom. The van der Waals surface area contributed by atoms with Crippen LogP contribution in [0.25, 0.3) is 0 Å². The summed E-state index contributed by atoms with van der Waals surface area (Å²) in [4.78, 5) is 25.2. The Bertz CT molecular complexity index is 974. The molecule has 0 aliphatic heterocycles. The van der Waals surface area contributed by atoms with Gasteiger partial charge in [0, 0.05) is 6.20 Å². The van der Waals surface area contributed by atoms with Gasteiger partial charge in [-0.3, -0.25) is 0 Å². The third-order valence-corrected chi connectivity index (χ3v) is 5.79. The maximum absolute atomic E-state index is 12.7. The minimum absolute atomic E-state index is 0.134. The van der Waals surface area contributed by atoms with Gasteiger partial charge in [-0.15, -0.1) is 0 Å². The standard InChI is InChI=1S/C18H19ClF3N2O6P/c1-3-15(23)31(26,27)30-17(25)10(2)28-12-4-6-13(7-5-12)29-16-14(19)8-11(9-24-16)18(20,21)22/h4-10,15H,3,23H2,1-2H3,(H,26,27). The van der Waals surface area contributed by atoms with Crippen molar-refractivity contribution in [1.29, 1.82) is 0 Å². The van der Waals surface area contributed by atoms with Gasteiger partial charge in [-0.2, -0.15) is 13.2 Å². The number of ether oxygens (including phenoxy) is 2. The first-order valence-corrected chi connectivity index (χ1v) is 10.8. The van der Waals surface area contributed by atoms with E-state index in [0.29, 0.717) is 12.3 Å². The molecule has 0 radical (unpaired) electrons. The van der Waals surface area contributed by atoms with Gasteiger partial charge in [0.15, 0.2) is 6.10 Å². The topological polar surface area (TPSA) is 121 Å². The third-order valence-electron chi connectivity index (χ3n) is 3.88. The summed E-state index contributed by atoms with van der Waals surface area (Å²) in [6, 6.07) is 6.28. The zero-order chi connectivity index (χ0) is 23.4. The SMILES string of the molecule is CCC(N)P(=O)(O)OC(=O)C(C)Oc1ccc(Oc2ncc(C(F)(F)F)cc2Cl)cc1. The zero-order valence-electron chi connectivity index (χ0n) is 16.3. The number of carbonyl (C=O) groups is 1. The van der Waals surface area contributed by atoms with Gasteiger partial charge in [-0.05, 0) is 43.7 Å². The highest BCUT2D eigenvalue weighted by atomic mass is 35.5. The molecule has 0 fully saturated rings. The van der Waals surface area contributed by atoms with Crippen LogP contribution in [0.3, 0.4) is 0 Å². The van der Waals surface area contributed by atoms with Crippen LogP contribution in [0, 0.1) is 0 Å². The van der Waals surface area contributed by atoms with Crippen molar-refractivity contribution >= 4 is 25.2 Å². The highest BCUT2D eigenvalue weighted by molar-refractivity contribution is 7.54. The van der Waals surface area contributed by atoms with E-state index in [4.69, 9.17) is 26.8 Å². The monoisotopic (exact) mass is 482 g/mol. The Kier molecular flexibility index (Phi) is 7.93. The fourth-order valence-corrected chi connectivity index (χ4v) is 3.32. The molecule has 13 heteroatoms. The van der Waals surface area contributed by atoms with E-state index in [1.165, 1.54) is 31.2 Å². The molecule has 0 aliphatic carbocycles. The summed E-state index contributed by atoms with van der Waals surface area (Å²) in [6.45, 7) is 2.88. The van der Waals surface area contributed by atoms with Gasteiger partial charge in [0.25, 0.3) is 0 Å². The van der Waals surface area contributed by atoms with Crippen LogP contribution in [0.2, 0.25) is 5.02 Å². The van der Waals surface area contributed by atoms with Crippen LogP contribution in [-0.2, 0) is 20.1 Å². The van der Waals surface area contributed by atoms with Crippen molar-refractivity contribution in [3.63, 3.8) is 0 Å². The maximum atomic E-state index is 12.7. The van der Waals surface area contributed by atoms with Crippen LogP contribution < -0.4 is 15.2 Å². The molecule has 170 valence electrons. The first kappa shape index (κ1) is 24.9. The number of hydrogen-bond donors (Lipinski definition) is 2. The van der Waals surface area contributed by atoms with Gasteiger partial charge in [-0.25, -0.2) is 14.3 Å². The van der Waals surface area contributed by atoms with Gasteiger partial charge in [0.2, 0.25) is 5.88 Å². The molecule has 0 bridgehead atoms. The van der Waals surface area contributed by atoms with Gasteiger partial charge in [-0.1, -0.05) is 18.5 Å². The van der Waals surface area contributed by atoms with E-state index in [1.54, 1.807) is 6.92 Å². The van der Waals surface area contributed by atoms with Crippen molar-refractivity contribution in [2.24, 2.45) is 5.73 Å². The lowest BCUT2D eigenvalue weighted by Gasteiger charge is -2.20. The number of benzene rings is 1. The Balaban J connectivity index is 2.01. The quantitative estimate of drug-likeness (QED) is 0.518. The molecule has 31 heavy (non-hydrogen) atoms. The van der Waals surface area contributed by atoms with Crippen LogP contribution in [0.15, 0.2) is 36.5 Å². The van der Waals surface area contributed by atoms with Crippen LogP contribution in [0.1, 0.15) is 25.8 Å². The second kappa shape index (κ2) is 9.86. The summed E-state index contributed by atoms with van der Waals surface area (Å²) in [5.41, 5.74) is 4.44. The van der Waals surface area contributed by atoms with Crippen LogP contribution in [0.5, 0.6) is 17.4 Å². The molecule has 1 heterocycles. The van der Waals surface area contributed by atoms with E-state index >= 15 is 0 Å². The summed E-state index contributed by atoms with van der Waals surface area (Å²) >= 11 is 5.79. The van der Waals surface area contributed by atoms with Crippen molar-refractivity contribution in [1.82, 2.24) is 4.98 Å². The summed E-state index contributed by atoms with van der Waals surface area (Å²) in [6.07, 6.45) is -5.08. The number of nitrogens with zero attached hydrogens (tertiary/aromatic N) is 1. The molecule has 0 amide bonds. The highest BCUT2D eigenvalue weighted by Crippen LogP contribution is 2.46. The van der Waals surface area contributed by atoms with E-state index in [-0.39, 0.29) is 28.8 Å². The predicted octanol–water partition coefficient (Wildman–Crippen LogP) is 4.74. The number of nitrogens with two attached hydrogens (primary N) is 1. The lowest BCUT2D eigenvalue weighted by Crippen LogP contribution is -2.29. The smallest absolute Gasteiger partial charge is 0.417 e. The lowest BCUT2D eigenvalue weighted by atomic mass is 10.3. The summed E-state index contributed by atoms with van der Waals surface area (Å²) in [5, 5.41) is -0.328. The molecule has 3 atom stereocenters. The van der Waals surface area contributed by atoms with Crippen molar-refractivity contribution in [3.8, 4) is 17.4 Å². The summed E-state index contributed by atoms with van der Waals surface area (Å²) < 4.78 is 65.1. The molecule has 1 aromatic heterocycles. The molecule has 0 saturated heterocycles. The minimum Gasteiger partial charge on any atom is -0.479 e. The first-order valence-electron chi connectivity index (χ1n) is 8.82. The van der Waals surface area contributed by atoms with Crippen LogP contribution >= 0.6 is 19.2 Å². The average molecular weight is 483 g/mol. The first-order chi connectivity index (χ1) is 14.3. The molecule has 2 rings (SSSR count).